The molecule has 4 nitrogen and oxygen atoms in total. The average Bonchev–Trinajstić information content (AvgIpc) is 3.15. The average molecular weight is 304 g/mol. The predicted molar refractivity (Wildman–Crippen MR) is 87.8 cm³/mol. The minimum Gasteiger partial charge on any atom is -0.360 e. The number of nitrogens with one attached hydrogen (secondary N) is 1. The zero-order chi connectivity index (χ0) is 15.4. The molecule has 1 aromatic heterocycles. The molecule has 0 saturated heterocycles. The van der Waals surface area contributed by atoms with Crippen LogP contribution in [-0.4, -0.2) is 11.1 Å². The third-order valence-electron chi connectivity index (χ3n) is 4.87. The molecule has 5 rings (SSSR count). The van der Waals surface area contributed by atoms with Crippen molar-refractivity contribution in [1.82, 2.24) is 5.16 Å². The Hall–Kier alpha value is -2.62. The summed E-state index contributed by atoms with van der Waals surface area (Å²) in [5.41, 5.74) is 3.93. The first kappa shape index (κ1) is 12.9. The summed E-state index contributed by atoms with van der Waals surface area (Å²) in [5, 5.41) is 9.31. The molecular formula is C19H16N2O2. The third kappa shape index (κ3) is 2.05. The first-order chi connectivity index (χ1) is 11.3. The van der Waals surface area contributed by atoms with Crippen LogP contribution >= 0.6 is 0 Å². The van der Waals surface area contributed by atoms with Gasteiger partial charge in [0.25, 0.3) is 5.91 Å². The van der Waals surface area contributed by atoms with Crippen LogP contribution in [0.3, 0.4) is 0 Å². The van der Waals surface area contributed by atoms with Gasteiger partial charge in [-0.05, 0) is 48.3 Å². The molecule has 3 aromatic rings. The number of aryl methyl sites for hydroxylation is 2. The highest BCUT2D eigenvalue weighted by molar-refractivity contribution is 6.09. The smallest absolute Gasteiger partial charge is 0.277 e. The summed E-state index contributed by atoms with van der Waals surface area (Å²) in [6.07, 6.45) is 4.42. The fourth-order valence-electron chi connectivity index (χ4n) is 3.50. The van der Waals surface area contributed by atoms with Gasteiger partial charge in [0.1, 0.15) is 5.76 Å². The van der Waals surface area contributed by atoms with Crippen molar-refractivity contribution >= 4 is 22.4 Å². The Balaban J connectivity index is 1.50. The summed E-state index contributed by atoms with van der Waals surface area (Å²) in [6, 6.07) is 12.2. The number of hydrogen-bond donors (Lipinski definition) is 1. The molecular weight excluding hydrogens is 288 g/mol. The second-order valence-electron chi connectivity index (χ2n) is 6.45. The highest BCUT2D eigenvalue weighted by atomic mass is 16.5. The minimum absolute atomic E-state index is 0.209. The van der Waals surface area contributed by atoms with Crippen LogP contribution < -0.4 is 5.32 Å². The summed E-state index contributed by atoms with van der Waals surface area (Å²) in [6.45, 7) is 0. The maximum atomic E-state index is 12.5. The summed E-state index contributed by atoms with van der Waals surface area (Å²) in [4.78, 5) is 12.5. The monoisotopic (exact) mass is 304 g/mol. The molecule has 0 spiro atoms. The lowest BCUT2D eigenvalue weighted by atomic mass is 10.0. The van der Waals surface area contributed by atoms with Gasteiger partial charge in [0, 0.05) is 23.1 Å². The number of anilines is 1. The number of carbonyl (C=O) groups excluding carboxylic acids is 1. The number of benzene rings is 2. The molecule has 1 N–H and O–H groups in total. The second kappa shape index (κ2) is 4.69. The Morgan fingerprint density at radius 3 is 2.78 bits per heavy atom. The lowest BCUT2D eigenvalue weighted by Gasteiger charge is -2.09. The van der Waals surface area contributed by atoms with Crippen molar-refractivity contribution in [2.75, 3.05) is 5.32 Å². The van der Waals surface area contributed by atoms with Crippen molar-refractivity contribution in [2.45, 2.75) is 31.6 Å². The molecule has 2 aliphatic rings. The highest BCUT2D eigenvalue weighted by Crippen LogP contribution is 2.40. The van der Waals surface area contributed by atoms with E-state index < -0.39 is 0 Å². The van der Waals surface area contributed by atoms with Gasteiger partial charge in [-0.3, -0.25) is 4.79 Å². The zero-order valence-electron chi connectivity index (χ0n) is 12.6. The van der Waals surface area contributed by atoms with E-state index in [0.717, 1.165) is 42.5 Å². The van der Waals surface area contributed by atoms with E-state index in [9.17, 15) is 4.79 Å². The van der Waals surface area contributed by atoms with Crippen LogP contribution in [0, 0.1) is 0 Å². The van der Waals surface area contributed by atoms with Crippen molar-refractivity contribution in [3.63, 3.8) is 0 Å². The molecule has 0 bridgehead atoms. The van der Waals surface area contributed by atoms with E-state index in [2.05, 4.69) is 34.7 Å². The molecule has 2 aromatic carbocycles. The normalized spacial score (nSPS) is 16.0. The Morgan fingerprint density at radius 2 is 1.96 bits per heavy atom. The van der Waals surface area contributed by atoms with Gasteiger partial charge in [-0.15, -0.1) is 0 Å². The molecule has 0 unspecified atom stereocenters. The summed E-state index contributed by atoms with van der Waals surface area (Å²) >= 11 is 0. The number of aromatic nitrogens is 1. The molecule has 0 radical (unpaired) electrons. The number of rotatable bonds is 3. The molecule has 1 heterocycles. The maximum Gasteiger partial charge on any atom is 0.277 e. The topological polar surface area (TPSA) is 55.1 Å². The summed E-state index contributed by atoms with van der Waals surface area (Å²) in [5.74, 6) is 1.08. The van der Waals surface area contributed by atoms with Gasteiger partial charge in [-0.1, -0.05) is 29.4 Å². The lowest BCUT2D eigenvalue weighted by Crippen LogP contribution is -2.12. The van der Waals surface area contributed by atoms with Crippen molar-refractivity contribution in [3.05, 3.63) is 59.0 Å². The SMILES string of the molecule is O=C(Nc1ccc2c3c(cccc13)CC2)c1cc(C2CC2)on1. The first-order valence-corrected chi connectivity index (χ1v) is 8.11. The third-order valence-corrected chi connectivity index (χ3v) is 4.87. The quantitative estimate of drug-likeness (QED) is 0.794. The molecule has 23 heavy (non-hydrogen) atoms. The van der Waals surface area contributed by atoms with Crippen LogP contribution in [0.1, 0.15) is 46.1 Å². The molecule has 1 saturated carbocycles. The van der Waals surface area contributed by atoms with Crippen molar-refractivity contribution in [3.8, 4) is 0 Å². The van der Waals surface area contributed by atoms with E-state index >= 15 is 0 Å². The highest BCUT2D eigenvalue weighted by Gasteiger charge is 2.29. The van der Waals surface area contributed by atoms with Crippen LogP contribution in [0.5, 0.6) is 0 Å². The van der Waals surface area contributed by atoms with E-state index in [4.69, 9.17) is 4.52 Å². The lowest BCUT2D eigenvalue weighted by molar-refractivity contribution is 0.101. The van der Waals surface area contributed by atoms with Gasteiger partial charge in [-0.25, -0.2) is 0 Å². The predicted octanol–water partition coefficient (Wildman–Crippen LogP) is 4.06. The summed E-state index contributed by atoms with van der Waals surface area (Å²) < 4.78 is 5.27. The van der Waals surface area contributed by atoms with Crippen LogP contribution in [0.4, 0.5) is 5.69 Å². The van der Waals surface area contributed by atoms with E-state index in [1.807, 2.05) is 6.07 Å². The molecule has 114 valence electrons. The van der Waals surface area contributed by atoms with Gasteiger partial charge in [0.15, 0.2) is 5.69 Å². The van der Waals surface area contributed by atoms with Crippen LogP contribution in [0.25, 0.3) is 10.8 Å². The largest absolute Gasteiger partial charge is 0.360 e. The Labute approximate surface area is 133 Å². The number of hydrogen-bond acceptors (Lipinski definition) is 3. The van der Waals surface area contributed by atoms with Crippen LogP contribution in [0.15, 0.2) is 40.9 Å². The maximum absolute atomic E-state index is 12.5. The standard InChI is InChI=1S/C19H16N2O2/c22-19(16-10-17(23-21-16)11-4-5-11)20-15-9-8-13-7-6-12-2-1-3-14(15)18(12)13/h1-3,8-11H,4-7H2,(H,20,22). The first-order valence-electron chi connectivity index (χ1n) is 8.11. The van der Waals surface area contributed by atoms with E-state index in [1.54, 1.807) is 6.07 Å². The molecule has 1 amide bonds. The fraction of sp³-hybridized carbons (Fsp3) is 0.263. The molecule has 0 atom stereocenters. The number of nitrogens with zero attached hydrogens (tertiary/aromatic N) is 1. The van der Waals surface area contributed by atoms with Gasteiger partial charge < -0.3 is 9.84 Å². The van der Waals surface area contributed by atoms with Crippen molar-refractivity contribution < 1.29 is 9.32 Å². The van der Waals surface area contributed by atoms with Crippen molar-refractivity contribution in [1.29, 1.82) is 0 Å². The molecule has 1 fully saturated rings. The van der Waals surface area contributed by atoms with E-state index in [0.29, 0.717) is 11.6 Å². The van der Waals surface area contributed by atoms with Crippen molar-refractivity contribution in [2.24, 2.45) is 0 Å². The molecule has 2 aliphatic carbocycles. The van der Waals surface area contributed by atoms with Crippen LogP contribution in [0.2, 0.25) is 0 Å². The fourth-order valence-corrected chi connectivity index (χ4v) is 3.50. The number of amides is 1. The summed E-state index contributed by atoms with van der Waals surface area (Å²) in [7, 11) is 0. The Bertz CT molecular complexity index is 927. The molecule has 0 aliphatic heterocycles. The molecule has 4 heteroatoms. The van der Waals surface area contributed by atoms with Crippen LogP contribution in [-0.2, 0) is 12.8 Å². The minimum atomic E-state index is -0.209. The Kier molecular flexibility index (Phi) is 2.62. The van der Waals surface area contributed by atoms with Gasteiger partial charge in [0.2, 0.25) is 0 Å². The van der Waals surface area contributed by atoms with E-state index in [1.165, 1.54) is 16.5 Å². The number of carbonyl (C=O) groups is 1. The van der Waals surface area contributed by atoms with Gasteiger partial charge >= 0.3 is 0 Å². The Morgan fingerprint density at radius 1 is 1.13 bits per heavy atom. The van der Waals surface area contributed by atoms with E-state index in [-0.39, 0.29) is 5.91 Å². The zero-order valence-corrected chi connectivity index (χ0v) is 12.6. The second-order valence-corrected chi connectivity index (χ2v) is 6.45. The van der Waals surface area contributed by atoms with Gasteiger partial charge in [-0.2, -0.15) is 0 Å². The van der Waals surface area contributed by atoms with Gasteiger partial charge in [0.05, 0.1) is 0 Å².